The highest BCUT2D eigenvalue weighted by atomic mass is 16.3. The molecule has 0 fully saturated rings. The van der Waals surface area contributed by atoms with E-state index in [0.29, 0.717) is 13.0 Å². The van der Waals surface area contributed by atoms with Gasteiger partial charge in [0.1, 0.15) is 0 Å². The zero-order valence-corrected chi connectivity index (χ0v) is 5.88. The molecule has 0 aliphatic carbocycles. The Hall–Kier alpha value is -1.24. The molecule has 0 aromatic heterocycles. The molecule has 0 bridgehead atoms. The van der Waals surface area contributed by atoms with Crippen molar-refractivity contribution in [3.8, 4) is 0 Å². The monoisotopic (exact) mass is 142 g/mol. The lowest BCUT2D eigenvalue weighted by atomic mass is 10.2. The Morgan fingerprint density at radius 1 is 1.60 bits per heavy atom. The summed E-state index contributed by atoms with van der Waals surface area (Å²) < 4.78 is 0. The molecule has 0 aliphatic rings. The van der Waals surface area contributed by atoms with E-state index in [1.54, 1.807) is 0 Å². The van der Waals surface area contributed by atoms with Gasteiger partial charge in [-0.15, -0.1) is 0 Å². The van der Waals surface area contributed by atoms with E-state index in [2.05, 4.69) is 17.1 Å². The summed E-state index contributed by atoms with van der Waals surface area (Å²) in [5.74, 6) is 0.209. The van der Waals surface area contributed by atoms with Gasteiger partial charge in [-0.2, -0.15) is 0 Å². The van der Waals surface area contributed by atoms with E-state index >= 15 is 0 Å². The van der Waals surface area contributed by atoms with Crippen molar-refractivity contribution in [2.75, 3.05) is 6.54 Å². The van der Waals surface area contributed by atoms with Gasteiger partial charge >= 0.3 is 5.08 Å². The first-order chi connectivity index (χ1) is 4.77. The number of aliphatic hydroxyl groups excluding tert-OH is 1. The maximum atomic E-state index is 8.62. The summed E-state index contributed by atoms with van der Waals surface area (Å²) in [6, 6.07) is 0. The number of aliphatic hydroxyl groups is 1. The fraction of sp³-hybridized carbons (Fsp3) is 0.667. The quantitative estimate of drug-likeness (QED) is 0.265. The highest BCUT2D eigenvalue weighted by Gasteiger charge is 1.92. The fourth-order valence-electron chi connectivity index (χ4n) is 0.583. The Balaban J connectivity index is 2.92. The van der Waals surface area contributed by atoms with E-state index in [1.165, 1.54) is 0 Å². The third-order valence-electron chi connectivity index (χ3n) is 1.07. The van der Waals surface area contributed by atoms with Crippen molar-refractivity contribution >= 4 is 0 Å². The minimum atomic E-state index is 0.209. The highest BCUT2D eigenvalue weighted by molar-refractivity contribution is 4.77. The number of nitrogens with zero attached hydrogens (tertiary/aromatic N) is 2. The molecule has 0 aromatic rings. The van der Waals surface area contributed by atoms with Crippen LogP contribution >= 0.6 is 0 Å². The van der Waals surface area contributed by atoms with Gasteiger partial charge in [-0.25, -0.2) is 0 Å². The van der Waals surface area contributed by atoms with Crippen LogP contribution in [0.4, 0.5) is 0 Å². The summed E-state index contributed by atoms with van der Waals surface area (Å²) >= 11 is 0. The molecule has 0 saturated carbocycles. The van der Waals surface area contributed by atoms with Crippen LogP contribution in [0, 0.1) is 5.39 Å². The normalized spacial score (nSPS) is 8.30. The predicted molar refractivity (Wildman–Crippen MR) is 38.7 cm³/mol. The lowest BCUT2D eigenvalue weighted by Gasteiger charge is -1.93. The molecule has 0 radical (unpaired) electrons. The Kier molecular flexibility index (Phi) is 5.16. The van der Waals surface area contributed by atoms with E-state index in [-0.39, 0.29) is 5.76 Å². The summed E-state index contributed by atoms with van der Waals surface area (Å²) in [7, 11) is 0. The van der Waals surface area contributed by atoms with Crippen LogP contribution < -0.4 is 5.43 Å². The van der Waals surface area contributed by atoms with Crippen molar-refractivity contribution in [2.45, 2.75) is 19.3 Å². The summed E-state index contributed by atoms with van der Waals surface area (Å²) in [6.07, 6.45) is 2.34. The first-order valence-electron chi connectivity index (χ1n) is 3.21. The summed E-state index contributed by atoms with van der Waals surface area (Å²) in [5, 5.41) is 19.3. The Bertz CT molecular complexity index is 138. The second kappa shape index (κ2) is 5.89. The summed E-state index contributed by atoms with van der Waals surface area (Å²) in [6.45, 7) is 3.96. The third kappa shape index (κ3) is 6.76. The summed E-state index contributed by atoms with van der Waals surface area (Å²) in [5.41, 5.74) is 2.39. The Labute approximate surface area is 60.1 Å². The van der Waals surface area contributed by atoms with Crippen LogP contribution in [0.3, 0.4) is 0 Å². The smallest absolute Gasteiger partial charge is 0.302 e. The van der Waals surface area contributed by atoms with E-state index in [9.17, 15) is 0 Å². The molecule has 2 N–H and O–H groups in total. The van der Waals surface area contributed by atoms with Gasteiger partial charge in [0.25, 0.3) is 5.39 Å². The maximum Gasteiger partial charge on any atom is 0.302 e. The van der Waals surface area contributed by atoms with Crippen molar-refractivity contribution in [3.63, 3.8) is 0 Å². The SMILES string of the molecule is C=C(O)CCCCN[N+]#N. The van der Waals surface area contributed by atoms with Crippen molar-refractivity contribution < 1.29 is 5.11 Å². The minimum absolute atomic E-state index is 0.209. The molecule has 0 heterocycles. The standard InChI is InChI=1S/C6H11N3O/c1-6(10)4-2-3-5-8-9-7/h8H,1-5H2/p+1. The largest absolute Gasteiger partial charge is 0.513 e. The van der Waals surface area contributed by atoms with Crippen LogP contribution in [0.15, 0.2) is 12.3 Å². The topological polar surface area (TPSA) is 60.4 Å². The number of rotatable bonds is 5. The molecule has 0 unspecified atom stereocenters. The van der Waals surface area contributed by atoms with Crippen molar-refractivity contribution in [3.05, 3.63) is 17.4 Å². The minimum Gasteiger partial charge on any atom is -0.513 e. The maximum absolute atomic E-state index is 8.62. The Morgan fingerprint density at radius 2 is 2.30 bits per heavy atom. The molecule has 0 spiro atoms. The molecule has 0 amide bonds. The van der Waals surface area contributed by atoms with E-state index in [0.717, 1.165) is 12.8 Å². The van der Waals surface area contributed by atoms with Crippen molar-refractivity contribution in [1.82, 2.24) is 5.43 Å². The third-order valence-corrected chi connectivity index (χ3v) is 1.07. The van der Waals surface area contributed by atoms with Crippen LogP contribution in [-0.2, 0) is 0 Å². The Morgan fingerprint density at radius 3 is 2.80 bits per heavy atom. The first kappa shape index (κ1) is 8.76. The second-order valence-electron chi connectivity index (χ2n) is 2.03. The zero-order valence-electron chi connectivity index (χ0n) is 5.88. The molecule has 0 aromatic carbocycles. The molecule has 4 heteroatoms. The van der Waals surface area contributed by atoms with E-state index < -0.39 is 0 Å². The molecule has 0 saturated heterocycles. The van der Waals surface area contributed by atoms with E-state index in [4.69, 9.17) is 10.5 Å². The molecule has 0 rings (SSSR count). The number of hydrogen-bond acceptors (Lipinski definition) is 3. The molecule has 56 valence electrons. The predicted octanol–water partition coefficient (Wildman–Crippen LogP) is 1.59. The van der Waals surface area contributed by atoms with Crippen molar-refractivity contribution in [2.24, 2.45) is 0 Å². The molecular weight excluding hydrogens is 130 g/mol. The van der Waals surface area contributed by atoms with Crippen molar-refractivity contribution in [1.29, 1.82) is 5.39 Å². The number of diazo groups is 1. The van der Waals surface area contributed by atoms with Gasteiger partial charge in [-0.1, -0.05) is 6.58 Å². The second-order valence-corrected chi connectivity index (χ2v) is 2.03. The molecule has 10 heavy (non-hydrogen) atoms. The van der Waals surface area contributed by atoms with Crippen LogP contribution in [0.1, 0.15) is 19.3 Å². The average Bonchev–Trinajstić information content (AvgIpc) is 1.87. The fourth-order valence-corrected chi connectivity index (χ4v) is 0.583. The van der Waals surface area contributed by atoms with Crippen LogP contribution in [-0.4, -0.2) is 11.7 Å². The van der Waals surface area contributed by atoms with Gasteiger partial charge in [-0.3, -0.25) is 0 Å². The van der Waals surface area contributed by atoms with Crippen LogP contribution in [0.25, 0.3) is 5.08 Å². The highest BCUT2D eigenvalue weighted by Crippen LogP contribution is 1.99. The number of unbranched alkanes of at least 4 members (excludes halogenated alkanes) is 1. The van der Waals surface area contributed by atoms with Gasteiger partial charge in [0.05, 0.1) is 12.3 Å². The first-order valence-corrected chi connectivity index (χ1v) is 3.21. The summed E-state index contributed by atoms with van der Waals surface area (Å²) in [4.78, 5) is 0. The van der Waals surface area contributed by atoms with Crippen LogP contribution in [0.5, 0.6) is 0 Å². The average molecular weight is 142 g/mol. The lowest BCUT2D eigenvalue weighted by Crippen LogP contribution is -2.03. The number of nitrogens with one attached hydrogen (secondary N) is 1. The number of allylic oxidation sites excluding steroid dienone is 1. The van der Waals surface area contributed by atoms with Gasteiger partial charge in [-0.05, 0) is 18.3 Å². The van der Waals surface area contributed by atoms with Gasteiger partial charge < -0.3 is 5.11 Å². The molecule has 0 aliphatic heterocycles. The molecular formula is C6H12N3O+. The van der Waals surface area contributed by atoms with E-state index in [1.807, 2.05) is 0 Å². The number of hydrogen-bond donors (Lipinski definition) is 2. The molecule has 0 atom stereocenters. The van der Waals surface area contributed by atoms with Gasteiger partial charge in [0, 0.05) is 6.42 Å². The molecule has 4 nitrogen and oxygen atoms in total. The lowest BCUT2D eigenvalue weighted by molar-refractivity contribution is 0.384. The van der Waals surface area contributed by atoms with Crippen LogP contribution in [0.2, 0.25) is 0 Å². The van der Waals surface area contributed by atoms with Gasteiger partial charge in [0.15, 0.2) is 0 Å². The van der Waals surface area contributed by atoms with Gasteiger partial charge in [0.2, 0.25) is 0 Å². The zero-order chi connectivity index (χ0) is 7.82.